The van der Waals surface area contributed by atoms with Crippen LogP contribution in [0.1, 0.15) is 49.8 Å². The maximum atomic E-state index is 11.7. The van der Waals surface area contributed by atoms with Gasteiger partial charge in [0.05, 0.1) is 0 Å². The Morgan fingerprint density at radius 1 is 1.30 bits per heavy atom. The second kappa shape index (κ2) is 7.77. The molecule has 1 unspecified atom stereocenters. The molecule has 0 aliphatic carbocycles. The number of ether oxygens (including phenoxy) is 1. The Morgan fingerprint density at radius 2 is 2.13 bits per heavy atom. The molecule has 2 aliphatic heterocycles. The molecular formula is C16H26N4O3. The third kappa shape index (κ3) is 4.22. The lowest BCUT2D eigenvalue weighted by Crippen LogP contribution is -2.44. The SMILES string of the molecule is CNC(=O)N1CCCC(CCc2nnc(C3CCOCC3)o2)C1. The van der Waals surface area contributed by atoms with Crippen molar-refractivity contribution < 1.29 is 13.9 Å². The summed E-state index contributed by atoms with van der Waals surface area (Å²) in [5.74, 6) is 2.35. The summed E-state index contributed by atoms with van der Waals surface area (Å²) in [6, 6.07) is 0.0225. The lowest BCUT2D eigenvalue weighted by Gasteiger charge is -2.32. The van der Waals surface area contributed by atoms with E-state index >= 15 is 0 Å². The molecule has 0 radical (unpaired) electrons. The van der Waals surface area contributed by atoms with Crippen molar-refractivity contribution in [2.75, 3.05) is 33.4 Å². The van der Waals surface area contributed by atoms with Crippen LogP contribution in [-0.2, 0) is 11.2 Å². The molecule has 0 spiro atoms. The topological polar surface area (TPSA) is 80.5 Å². The van der Waals surface area contributed by atoms with E-state index < -0.39 is 0 Å². The van der Waals surface area contributed by atoms with Crippen LogP contribution >= 0.6 is 0 Å². The van der Waals surface area contributed by atoms with Gasteiger partial charge in [0.25, 0.3) is 0 Å². The molecule has 1 N–H and O–H groups in total. The summed E-state index contributed by atoms with van der Waals surface area (Å²) in [6.07, 6.45) is 5.94. The highest BCUT2D eigenvalue weighted by Crippen LogP contribution is 2.26. The van der Waals surface area contributed by atoms with Crippen molar-refractivity contribution >= 4 is 6.03 Å². The summed E-state index contributed by atoms with van der Waals surface area (Å²) in [4.78, 5) is 13.6. The number of rotatable bonds is 4. The Balaban J connectivity index is 1.48. The summed E-state index contributed by atoms with van der Waals surface area (Å²) in [5, 5.41) is 11.1. The number of aryl methyl sites for hydroxylation is 1. The van der Waals surface area contributed by atoms with Crippen molar-refractivity contribution in [3.05, 3.63) is 11.8 Å². The zero-order valence-electron chi connectivity index (χ0n) is 13.8. The van der Waals surface area contributed by atoms with E-state index in [0.29, 0.717) is 11.8 Å². The van der Waals surface area contributed by atoms with Crippen LogP contribution in [-0.4, -0.2) is 54.5 Å². The molecule has 7 nitrogen and oxygen atoms in total. The van der Waals surface area contributed by atoms with Crippen LogP contribution in [0.5, 0.6) is 0 Å². The van der Waals surface area contributed by atoms with E-state index in [2.05, 4.69) is 15.5 Å². The zero-order valence-corrected chi connectivity index (χ0v) is 13.8. The number of carbonyl (C=O) groups is 1. The second-order valence-corrected chi connectivity index (χ2v) is 6.47. The number of piperidine rings is 1. The van der Waals surface area contributed by atoms with Gasteiger partial charge >= 0.3 is 6.03 Å². The fraction of sp³-hybridized carbons (Fsp3) is 0.812. The monoisotopic (exact) mass is 322 g/mol. The van der Waals surface area contributed by atoms with Crippen LogP contribution in [0.4, 0.5) is 4.79 Å². The van der Waals surface area contributed by atoms with E-state index in [9.17, 15) is 4.79 Å². The molecule has 1 aromatic rings. The number of likely N-dealkylation sites (tertiary alicyclic amines) is 1. The highest BCUT2D eigenvalue weighted by atomic mass is 16.5. The van der Waals surface area contributed by atoms with E-state index in [-0.39, 0.29) is 6.03 Å². The lowest BCUT2D eigenvalue weighted by atomic mass is 9.93. The number of hydrogen-bond acceptors (Lipinski definition) is 5. The predicted molar refractivity (Wildman–Crippen MR) is 84.2 cm³/mol. The van der Waals surface area contributed by atoms with Gasteiger partial charge in [0.2, 0.25) is 11.8 Å². The Morgan fingerprint density at radius 3 is 2.91 bits per heavy atom. The second-order valence-electron chi connectivity index (χ2n) is 6.47. The fourth-order valence-corrected chi connectivity index (χ4v) is 3.45. The molecule has 7 heteroatoms. The van der Waals surface area contributed by atoms with Crippen molar-refractivity contribution in [1.29, 1.82) is 0 Å². The number of nitrogens with zero attached hydrogens (tertiary/aromatic N) is 3. The number of amides is 2. The van der Waals surface area contributed by atoms with Gasteiger partial charge in [-0.25, -0.2) is 4.79 Å². The van der Waals surface area contributed by atoms with Crippen LogP contribution in [0.3, 0.4) is 0 Å². The predicted octanol–water partition coefficient (Wildman–Crippen LogP) is 1.95. The molecule has 0 saturated carbocycles. The molecule has 0 bridgehead atoms. The Hall–Kier alpha value is -1.63. The highest BCUT2D eigenvalue weighted by molar-refractivity contribution is 5.73. The molecule has 3 rings (SSSR count). The smallest absolute Gasteiger partial charge is 0.317 e. The molecule has 3 heterocycles. The molecule has 23 heavy (non-hydrogen) atoms. The van der Waals surface area contributed by atoms with Gasteiger partial charge in [-0.1, -0.05) is 0 Å². The average Bonchev–Trinajstić information content (AvgIpc) is 3.09. The van der Waals surface area contributed by atoms with Crippen molar-refractivity contribution in [3.63, 3.8) is 0 Å². The Kier molecular flexibility index (Phi) is 5.48. The maximum absolute atomic E-state index is 11.7. The Bertz CT molecular complexity index is 513. The van der Waals surface area contributed by atoms with Crippen LogP contribution in [0.25, 0.3) is 0 Å². The summed E-state index contributed by atoms with van der Waals surface area (Å²) >= 11 is 0. The van der Waals surface area contributed by atoms with Crippen LogP contribution in [0.2, 0.25) is 0 Å². The Labute approximate surface area is 136 Å². The van der Waals surface area contributed by atoms with Gasteiger partial charge < -0.3 is 19.4 Å². The third-order valence-electron chi connectivity index (χ3n) is 4.84. The van der Waals surface area contributed by atoms with E-state index in [1.165, 1.54) is 0 Å². The van der Waals surface area contributed by atoms with Crippen molar-refractivity contribution in [2.24, 2.45) is 5.92 Å². The van der Waals surface area contributed by atoms with Crippen molar-refractivity contribution in [2.45, 2.75) is 44.4 Å². The minimum absolute atomic E-state index is 0.0225. The number of nitrogens with one attached hydrogen (secondary N) is 1. The van der Waals surface area contributed by atoms with Gasteiger partial charge in [0.15, 0.2) is 0 Å². The number of hydrogen-bond donors (Lipinski definition) is 1. The molecule has 2 fully saturated rings. The average molecular weight is 322 g/mol. The first-order valence-electron chi connectivity index (χ1n) is 8.63. The first kappa shape index (κ1) is 16.2. The molecule has 0 aromatic carbocycles. The highest BCUT2D eigenvalue weighted by Gasteiger charge is 2.24. The first-order valence-corrected chi connectivity index (χ1v) is 8.63. The number of aromatic nitrogens is 2. The molecule has 2 saturated heterocycles. The molecule has 1 aromatic heterocycles. The maximum Gasteiger partial charge on any atom is 0.317 e. The summed E-state index contributed by atoms with van der Waals surface area (Å²) in [5.41, 5.74) is 0. The van der Waals surface area contributed by atoms with Gasteiger partial charge in [-0.05, 0) is 38.0 Å². The number of carbonyl (C=O) groups excluding carboxylic acids is 1. The van der Waals surface area contributed by atoms with E-state index in [1.54, 1.807) is 7.05 Å². The van der Waals surface area contributed by atoms with E-state index in [0.717, 1.165) is 76.6 Å². The minimum atomic E-state index is 0.0225. The van der Waals surface area contributed by atoms with Gasteiger partial charge in [0, 0.05) is 45.7 Å². The molecule has 128 valence electrons. The lowest BCUT2D eigenvalue weighted by molar-refractivity contribution is 0.0791. The van der Waals surface area contributed by atoms with Gasteiger partial charge in [0.1, 0.15) is 0 Å². The van der Waals surface area contributed by atoms with Crippen molar-refractivity contribution in [1.82, 2.24) is 20.4 Å². The van der Waals surface area contributed by atoms with Crippen LogP contribution in [0.15, 0.2) is 4.42 Å². The molecule has 1 atom stereocenters. The summed E-state index contributed by atoms with van der Waals surface area (Å²) < 4.78 is 11.2. The normalized spacial score (nSPS) is 23.0. The summed E-state index contributed by atoms with van der Waals surface area (Å²) in [6.45, 7) is 3.23. The third-order valence-corrected chi connectivity index (χ3v) is 4.84. The largest absolute Gasteiger partial charge is 0.425 e. The zero-order chi connectivity index (χ0) is 16.1. The van der Waals surface area contributed by atoms with Crippen LogP contribution < -0.4 is 5.32 Å². The quantitative estimate of drug-likeness (QED) is 0.916. The van der Waals surface area contributed by atoms with E-state index in [1.807, 2.05) is 4.90 Å². The summed E-state index contributed by atoms with van der Waals surface area (Å²) in [7, 11) is 1.68. The van der Waals surface area contributed by atoms with Gasteiger partial charge in [-0.3, -0.25) is 0 Å². The molecule has 2 aliphatic rings. The van der Waals surface area contributed by atoms with Gasteiger partial charge in [-0.15, -0.1) is 10.2 Å². The first-order chi connectivity index (χ1) is 11.3. The number of urea groups is 1. The molecular weight excluding hydrogens is 296 g/mol. The fourth-order valence-electron chi connectivity index (χ4n) is 3.45. The van der Waals surface area contributed by atoms with Crippen molar-refractivity contribution in [3.8, 4) is 0 Å². The molecule has 2 amide bonds. The van der Waals surface area contributed by atoms with Gasteiger partial charge in [-0.2, -0.15) is 0 Å². The van der Waals surface area contributed by atoms with E-state index in [4.69, 9.17) is 9.15 Å². The van der Waals surface area contributed by atoms with Crippen LogP contribution in [0, 0.1) is 5.92 Å². The minimum Gasteiger partial charge on any atom is -0.425 e. The standard InChI is InChI=1S/C16H26N4O3/c1-17-16(21)20-8-2-3-12(11-20)4-5-14-18-19-15(23-14)13-6-9-22-10-7-13/h12-13H,2-11H2,1H3,(H,17,21).